The molecule has 0 bridgehead atoms. The standard InChI is InChI=1S/C22H24N6O4/c1-12-16(13(2)28-22(26-12)24-11-25-28)6-8-20(30)23-10-17-14(3)32-21(27-17)15-5-7-18(29)19(9-15)31-4/h5,7,9,11,29H,6,8,10H2,1-4H3,(H,23,30). The summed E-state index contributed by atoms with van der Waals surface area (Å²) in [6.45, 7) is 5.90. The summed E-state index contributed by atoms with van der Waals surface area (Å²) in [6.07, 6.45) is 2.32. The number of nitrogens with zero attached hydrogens (tertiary/aromatic N) is 5. The third-order valence-corrected chi connectivity index (χ3v) is 5.36. The molecule has 0 atom stereocenters. The second kappa shape index (κ2) is 8.66. The molecule has 1 amide bonds. The van der Waals surface area contributed by atoms with Gasteiger partial charge in [-0.05, 0) is 51.0 Å². The average Bonchev–Trinajstić information content (AvgIpc) is 3.39. The highest BCUT2D eigenvalue weighted by Gasteiger charge is 2.16. The van der Waals surface area contributed by atoms with Gasteiger partial charge in [0.15, 0.2) is 11.5 Å². The third-order valence-electron chi connectivity index (χ3n) is 5.36. The highest BCUT2D eigenvalue weighted by Crippen LogP contribution is 2.31. The van der Waals surface area contributed by atoms with E-state index in [4.69, 9.17) is 9.15 Å². The van der Waals surface area contributed by atoms with Crippen molar-refractivity contribution in [2.24, 2.45) is 0 Å². The number of amides is 1. The fraction of sp³-hybridized carbons (Fsp3) is 0.318. The lowest BCUT2D eigenvalue weighted by Gasteiger charge is -2.10. The molecule has 0 unspecified atom stereocenters. The van der Waals surface area contributed by atoms with Gasteiger partial charge >= 0.3 is 0 Å². The molecule has 0 radical (unpaired) electrons. The van der Waals surface area contributed by atoms with E-state index in [0.29, 0.717) is 47.3 Å². The van der Waals surface area contributed by atoms with Crippen molar-refractivity contribution in [1.82, 2.24) is 29.9 Å². The first-order valence-corrected chi connectivity index (χ1v) is 10.1. The molecule has 166 valence electrons. The van der Waals surface area contributed by atoms with E-state index in [-0.39, 0.29) is 18.2 Å². The number of methoxy groups -OCH3 is 1. The van der Waals surface area contributed by atoms with Crippen molar-refractivity contribution in [2.45, 2.75) is 40.2 Å². The predicted molar refractivity (Wildman–Crippen MR) is 115 cm³/mol. The number of fused-ring (bicyclic) bond motifs is 1. The number of aromatic nitrogens is 5. The van der Waals surface area contributed by atoms with Gasteiger partial charge < -0.3 is 19.6 Å². The molecule has 2 N–H and O–H groups in total. The molecule has 0 fully saturated rings. The maximum absolute atomic E-state index is 12.5. The normalized spacial score (nSPS) is 11.1. The highest BCUT2D eigenvalue weighted by molar-refractivity contribution is 5.76. The van der Waals surface area contributed by atoms with E-state index in [9.17, 15) is 9.90 Å². The van der Waals surface area contributed by atoms with Gasteiger partial charge in [0.2, 0.25) is 11.8 Å². The van der Waals surface area contributed by atoms with Gasteiger partial charge in [-0.2, -0.15) is 10.1 Å². The lowest BCUT2D eigenvalue weighted by atomic mass is 10.1. The molecular formula is C22H24N6O4. The number of aryl methyl sites for hydroxylation is 3. The van der Waals surface area contributed by atoms with Gasteiger partial charge in [-0.25, -0.2) is 14.5 Å². The zero-order valence-corrected chi connectivity index (χ0v) is 18.3. The molecule has 0 spiro atoms. The molecule has 4 aromatic rings. The molecule has 32 heavy (non-hydrogen) atoms. The van der Waals surface area contributed by atoms with Crippen LogP contribution >= 0.6 is 0 Å². The fourth-order valence-corrected chi connectivity index (χ4v) is 3.55. The van der Waals surface area contributed by atoms with Gasteiger partial charge in [0.25, 0.3) is 5.78 Å². The van der Waals surface area contributed by atoms with Gasteiger partial charge in [-0.15, -0.1) is 0 Å². The summed E-state index contributed by atoms with van der Waals surface area (Å²) >= 11 is 0. The minimum absolute atomic E-state index is 0.0376. The molecule has 10 nitrogen and oxygen atoms in total. The Bertz CT molecular complexity index is 1290. The molecule has 0 aliphatic carbocycles. The number of rotatable bonds is 7. The number of aromatic hydroxyl groups is 1. The summed E-state index contributed by atoms with van der Waals surface area (Å²) < 4.78 is 12.6. The van der Waals surface area contributed by atoms with Crippen molar-refractivity contribution in [3.8, 4) is 23.0 Å². The van der Waals surface area contributed by atoms with E-state index in [1.807, 2.05) is 13.8 Å². The zero-order valence-electron chi connectivity index (χ0n) is 18.3. The number of carbonyl (C=O) groups excluding carboxylic acids is 1. The summed E-state index contributed by atoms with van der Waals surface area (Å²) in [5, 5.41) is 16.8. The van der Waals surface area contributed by atoms with Crippen LogP contribution < -0.4 is 10.1 Å². The Morgan fingerprint density at radius 1 is 1.25 bits per heavy atom. The minimum Gasteiger partial charge on any atom is -0.504 e. The number of nitrogens with one attached hydrogen (secondary N) is 1. The third kappa shape index (κ3) is 4.11. The monoisotopic (exact) mass is 436 g/mol. The first kappa shape index (κ1) is 21.3. The number of phenols is 1. The number of oxazole rings is 1. The molecule has 1 aromatic carbocycles. The van der Waals surface area contributed by atoms with Gasteiger partial charge in [-0.1, -0.05) is 0 Å². The SMILES string of the molecule is COc1cc(-c2nc(CNC(=O)CCc3c(C)nc4ncnn4c3C)c(C)o2)ccc1O. The van der Waals surface area contributed by atoms with E-state index in [0.717, 1.165) is 17.0 Å². The van der Waals surface area contributed by atoms with Crippen LogP contribution in [0.2, 0.25) is 0 Å². The predicted octanol–water partition coefficient (Wildman–Crippen LogP) is 2.67. The van der Waals surface area contributed by atoms with E-state index in [1.165, 1.54) is 19.5 Å². The second-order valence-corrected chi connectivity index (χ2v) is 7.42. The van der Waals surface area contributed by atoms with Crippen molar-refractivity contribution in [3.05, 3.63) is 52.9 Å². The summed E-state index contributed by atoms with van der Waals surface area (Å²) in [6, 6.07) is 4.86. The van der Waals surface area contributed by atoms with Crippen molar-refractivity contribution in [2.75, 3.05) is 7.11 Å². The Hall–Kier alpha value is -3.95. The van der Waals surface area contributed by atoms with Crippen LogP contribution in [0.5, 0.6) is 11.5 Å². The van der Waals surface area contributed by atoms with E-state index < -0.39 is 0 Å². The quantitative estimate of drug-likeness (QED) is 0.453. The van der Waals surface area contributed by atoms with Gasteiger partial charge in [0, 0.05) is 23.4 Å². The molecule has 4 rings (SSSR count). The number of phenolic OH excluding ortho intramolecular Hbond substituents is 1. The molecular weight excluding hydrogens is 412 g/mol. The minimum atomic E-state index is -0.0993. The second-order valence-electron chi connectivity index (χ2n) is 7.42. The largest absolute Gasteiger partial charge is 0.504 e. The van der Waals surface area contributed by atoms with Gasteiger partial charge in [0.1, 0.15) is 17.8 Å². The molecule has 3 aromatic heterocycles. The van der Waals surface area contributed by atoms with Gasteiger partial charge in [0.05, 0.1) is 13.7 Å². The fourth-order valence-electron chi connectivity index (χ4n) is 3.55. The summed E-state index contributed by atoms with van der Waals surface area (Å²) in [5.41, 5.74) is 4.07. The topological polar surface area (TPSA) is 128 Å². The van der Waals surface area contributed by atoms with Crippen LogP contribution in [0.25, 0.3) is 17.2 Å². The number of carbonyl (C=O) groups is 1. The Kier molecular flexibility index (Phi) is 5.76. The Labute approximate surface area is 184 Å². The molecule has 0 aliphatic heterocycles. The summed E-state index contributed by atoms with van der Waals surface area (Å²) in [5.74, 6) is 1.82. The maximum atomic E-state index is 12.5. The summed E-state index contributed by atoms with van der Waals surface area (Å²) in [7, 11) is 1.48. The molecule has 0 saturated heterocycles. The van der Waals surface area contributed by atoms with Crippen LogP contribution in [-0.2, 0) is 17.8 Å². The summed E-state index contributed by atoms with van der Waals surface area (Å²) in [4.78, 5) is 25.5. The van der Waals surface area contributed by atoms with Crippen LogP contribution in [0.1, 0.15) is 34.8 Å². The first-order chi connectivity index (χ1) is 15.4. The maximum Gasteiger partial charge on any atom is 0.252 e. The van der Waals surface area contributed by atoms with Crippen LogP contribution in [0.3, 0.4) is 0 Å². The van der Waals surface area contributed by atoms with Crippen molar-refractivity contribution in [1.29, 1.82) is 0 Å². The smallest absolute Gasteiger partial charge is 0.252 e. The number of benzene rings is 1. The molecule has 0 saturated carbocycles. The van der Waals surface area contributed by atoms with Crippen molar-refractivity contribution >= 4 is 11.7 Å². The van der Waals surface area contributed by atoms with E-state index >= 15 is 0 Å². The van der Waals surface area contributed by atoms with E-state index in [2.05, 4.69) is 25.4 Å². The highest BCUT2D eigenvalue weighted by atomic mass is 16.5. The van der Waals surface area contributed by atoms with Crippen LogP contribution in [-0.4, -0.2) is 42.7 Å². The van der Waals surface area contributed by atoms with Crippen LogP contribution in [0, 0.1) is 20.8 Å². The zero-order chi connectivity index (χ0) is 22.8. The number of ether oxygens (including phenoxy) is 1. The molecule has 3 heterocycles. The van der Waals surface area contributed by atoms with Gasteiger partial charge in [-0.3, -0.25) is 4.79 Å². The first-order valence-electron chi connectivity index (χ1n) is 10.1. The van der Waals surface area contributed by atoms with Crippen LogP contribution in [0.4, 0.5) is 0 Å². The van der Waals surface area contributed by atoms with Crippen molar-refractivity contribution < 1.29 is 19.1 Å². The Morgan fingerprint density at radius 2 is 2.06 bits per heavy atom. The lowest BCUT2D eigenvalue weighted by molar-refractivity contribution is -0.121. The van der Waals surface area contributed by atoms with E-state index in [1.54, 1.807) is 23.6 Å². The average molecular weight is 436 g/mol. The van der Waals surface area contributed by atoms with Crippen LogP contribution in [0.15, 0.2) is 28.9 Å². The lowest BCUT2D eigenvalue weighted by Crippen LogP contribution is -2.24. The number of hydrogen-bond donors (Lipinski definition) is 2. The molecule has 10 heteroatoms. The number of hydrogen-bond acceptors (Lipinski definition) is 8. The Balaban J connectivity index is 1.40. The Morgan fingerprint density at radius 3 is 2.84 bits per heavy atom. The van der Waals surface area contributed by atoms with Crippen molar-refractivity contribution in [3.63, 3.8) is 0 Å². The molecule has 0 aliphatic rings.